The number of aryl methyl sites for hydroxylation is 2. The lowest BCUT2D eigenvalue weighted by atomic mass is 9.71. The van der Waals surface area contributed by atoms with Crippen LogP contribution in [-0.4, -0.2) is 107 Å². The van der Waals surface area contributed by atoms with Gasteiger partial charge >= 0.3 is 0 Å². The first-order valence-corrected chi connectivity index (χ1v) is 15.1. The maximum absolute atomic E-state index is 13.9. The van der Waals surface area contributed by atoms with E-state index in [2.05, 4.69) is 11.9 Å². The van der Waals surface area contributed by atoms with E-state index in [1.807, 2.05) is 18.7 Å². The summed E-state index contributed by atoms with van der Waals surface area (Å²) in [6.45, 7) is 11.6. The smallest absolute Gasteiger partial charge is 0.248 e. The molecule has 4 rings (SSSR count). The molecule has 214 valence electrons. The predicted octanol–water partition coefficient (Wildman–Crippen LogP) is 2.83. The fourth-order valence-corrected chi connectivity index (χ4v) is 8.28. The van der Waals surface area contributed by atoms with Gasteiger partial charge in [0, 0.05) is 19.6 Å². The van der Waals surface area contributed by atoms with Crippen LogP contribution in [0.4, 0.5) is 0 Å². The monoisotopic (exact) mass is 551 g/mol. The van der Waals surface area contributed by atoms with Crippen molar-refractivity contribution in [3.05, 3.63) is 23.3 Å². The summed E-state index contributed by atoms with van der Waals surface area (Å²) in [7, 11) is -0.0994. The van der Waals surface area contributed by atoms with E-state index in [4.69, 9.17) is 14.2 Å². The number of piperidine rings is 2. The number of amides is 1. The average molecular weight is 552 g/mol. The van der Waals surface area contributed by atoms with Gasteiger partial charge in [0.15, 0.2) is 0 Å². The molecule has 1 spiro atoms. The number of hydrogen-bond donors (Lipinski definition) is 0. The van der Waals surface area contributed by atoms with Crippen LogP contribution in [0.1, 0.15) is 50.7 Å². The lowest BCUT2D eigenvalue weighted by molar-refractivity contribution is -0.142. The lowest BCUT2D eigenvalue weighted by Gasteiger charge is -2.46. The number of benzene rings is 1. The largest absolute Gasteiger partial charge is 0.497 e. The second kappa shape index (κ2) is 11.4. The fourth-order valence-electron chi connectivity index (χ4n) is 6.12. The van der Waals surface area contributed by atoms with E-state index < -0.39 is 21.7 Å². The quantitative estimate of drug-likeness (QED) is 0.515. The van der Waals surface area contributed by atoms with E-state index in [1.54, 1.807) is 33.1 Å². The minimum absolute atomic E-state index is 0.0268. The molecular weight excluding hydrogens is 506 g/mol. The molecule has 0 aromatic heterocycles. The highest BCUT2D eigenvalue weighted by molar-refractivity contribution is 7.89. The van der Waals surface area contributed by atoms with Crippen molar-refractivity contribution in [1.82, 2.24) is 14.1 Å². The molecule has 3 aliphatic rings. The molecule has 0 N–H and O–H groups in total. The molecule has 3 saturated heterocycles. The summed E-state index contributed by atoms with van der Waals surface area (Å²) in [5, 5.41) is 0. The van der Waals surface area contributed by atoms with Crippen LogP contribution < -0.4 is 4.74 Å². The van der Waals surface area contributed by atoms with Crippen LogP contribution >= 0.6 is 0 Å². The fraction of sp³-hybridized carbons (Fsp3) is 0.750. The Morgan fingerprint density at radius 1 is 1.05 bits per heavy atom. The van der Waals surface area contributed by atoms with Crippen molar-refractivity contribution < 1.29 is 27.4 Å². The Hall–Kier alpha value is -1.72. The van der Waals surface area contributed by atoms with Gasteiger partial charge < -0.3 is 24.0 Å². The number of hydrogen-bond acceptors (Lipinski definition) is 7. The van der Waals surface area contributed by atoms with Crippen molar-refractivity contribution in [2.75, 3.05) is 66.7 Å². The van der Waals surface area contributed by atoms with Gasteiger partial charge in [-0.3, -0.25) is 4.79 Å². The average Bonchev–Trinajstić information content (AvgIpc) is 2.86. The third kappa shape index (κ3) is 6.36. The maximum atomic E-state index is 13.9. The highest BCUT2D eigenvalue weighted by atomic mass is 32.2. The van der Waals surface area contributed by atoms with Crippen LogP contribution in [0.2, 0.25) is 0 Å². The Morgan fingerprint density at radius 2 is 1.63 bits per heavy atom. The van der Waals surface area contributed by atoms with Crippen molar-refractivity contribution in [3.8, 4) is 5.75 Å². The summed E-state index contributed by atoms with van der Waals surface area (Å²) in [5.41, 5.74) is 1.01. The molecule has 0 bridgehead atoms. The molecule has 1 aromatic carbocycles. The molecule has 0 radical (unpaired) electrons. The number of methoxy groups -OCH3 is 1. The number of sulfonamides is 1. The number of rotatable bonds is 7. The summed E-state index contributed by atoms with van der Waals surface area (Å²) in [6, 6.07) is 2.96. The van der Waals surface area contributed by atoms with Gasteiger partial charge in [-0.15, -0.1) is 0 Å². The predicted molar refractivity (Wildman–Crippen MR) is 146 cm³/mol. The van der Waals surface area contributed by atoms with Gasteiger partial charge in [0.1, 0.15) is 12.4 Å². The molecular formula is C28H45N3O6S. The molecule has 3 heterocycles. The Balaban J connectivity index is 1.38. The molecule has 0 saturated carbocycles. The summed E-state index contributed by atoms with van der Waals surface area (Å²) in [6.07, 6.45) is 4.50. The molecule has 1 aromatic rings. The maximum Gasteiger partial charge on any atom is 0.248 e. The zero-order valence-electron chi connectivity index (χ0n) is 23.9. The normalized spacial score (nSPS) is 24.5. The Labute approximate surface area is 228 Å². The van der Waals surface area contributed by atoms with Crippen LogP contribution in [0, 0.1) is 19.3 Å². The molecule has 38 heavy (non-hydrogen) atoms. The van der Waals surface area contributed by atoms with Crippen molar-refractivity contribution in [3.63, 3.8) is 0 Å². The van der Waals surface area contributed by atoms with Gasteiger partial charge in [-0.05, 0) is 102 Å². The van der Waals surface area contributed by atoms with E-state index >= 15 is 0 Å². The number of carbonyl (C=O) groups excluding carboxylic acids is 1. The molecule has 9 nitrogen and oxygen atoms in total. The van der Waals surface area contributed by atoms with E-state index in [9.17, 15) is 13.2 Å². The first kappa shape index (κ1) is 29.3. The van der Waals surface area contributed by atoms with Gasteiger partial charge in [-0.2, -0.15) is 4.31 Å². The number of morpholine rings is 1. The molecule has 0 unspecified atom stereocenters. The molecule has 3 fully saturated rings. The zero-order chi connectivity index (χ0) is 27.7. The highest BCUT2D eigenvalue weighted by Gasteiger charge is 2.43. The van der Waals surface area contributed by atoms with E-state index in [1.165, 1.54) is 17.1 Å². The summed E-state index contributed by atoms with van der Waals surface area (Å²) in [5.74, 6) is 0.597. The summed E-state index contributed by atoms with van der Waals surface area (Å²) in [4.78, 5) is 17.5. The van der Waals surface area contributed by atoms with E-state index in [-0.39, 0.29) is 37.2 Å². The number of nitrogens with zero attached hydrogens (tertiary/aromatic N) is 3. The van der Waals surface area contributed by atoms with Crippen LogP contribution in [0.5, 0.6) is 5.75 Å². The van der Waals surface area contributed by atoms with Crippen molar-refractivity contribution in [1.29, 1.82) is 0 Å². The summed E-state index contributed by atoms with van der Waals surface area (Å²) >= 11 is 0. The molecule has 10 heteroatoms. The highest BCUT2D eigenvalue weighted by Crippen LogP contribution is 2.41. The molecule has 3 aliphatic heterocycles. The zero-order valence-corrected chi connectivity index (χ0v) is 24.7. The Kier molecular flexibility index (Phi) is 8.79. The van der Waals surface area contributed by atoms with Crippen molar-refractivity contribution >= 4 is 15.9 Å². The standard InChI is InChI=1S/C28H45N3O6S/c1-21-15-24(35-6)16-22(2)26(21)38(33,34)31-20-27(3,4)37-18-23(31)17-36-19-25(32)30-13-9-28(10-14-30)7-11-29(5)12-8-28/h15-16,23H,7-14,17-20H2,1-6H3/t23-/m1/s1. The van der Waals surface area contributed by atoms with Gasteiger partial charge in [-0.1, -0.05) is 0 Å². The van der Waals surface area contributed by atoms with Crippen LogP contribution in [0.3, 0.4) is 0 Å². The number of likely N-dealkylation sites (tertiary alicyclic amines) is 2. The van der Waals surface area contributed by atoms with Gasteiger partial charge in [0.05, 0.1) is 36.9 Å². The van der Waals surface area contributed by atoms with Gasteiger partial charge in [0.2, 0.25) is 15.9 Å². The van der Waals surface area contributed by atoms with Gasteiger partial charge in [-0.25, -0.2) is 8.42 Å². The molecule has 1 atom stereocenters. The van der Waals surface area contributed by atoms with Crippen molar-refractivity contribution in [2.45, 2.75) is 69.9 Å². The Bertz CT molecular complexity index is 1080. The van der Waals surface area contributed by atoms with E-state index in [0.29, 0.717) is 22.3 Å². The third-order valence-corrected chi connectivity index (χ3v) is 10.8. The van der Waals surface area contributed by atoms with Crippen LogP contribution in [0.25, 0.3) is 0 Å². The van der Waals surface area contributed by atoms with Gasteiger partial charge in [0.25, 0.3) is 0 Å². The number of carbonyl (C=O) groups is 1. The van der Waals surface area contributed by atoms with Crippen LogP contribution in [0.15, 0.2) is 17.0 Å². The SMILES string of the molecule is COc1cc(C)c(S(=O)(=O)N2CC(C)(C)OC[C@H]2COCC(=O)N2CCC3(CCN(C)CC3)CC2)c(C)c1. The minimum Gasteiger partial charge on any atom is -0.497 e. The Morgan fingerprint density at radius 3 is 2.21 bits per heavy atom. The number of ether oxygens (including phenoxy) is 3. The topological polar surface area (TPSA) is 88.6 Å². The summed E-state index contributed by atoms with van der Waals surface area (Å²) < 4.78 is 46.5. The first-order chi connectivity index (χ1) is 17.9. The lowest BCUT2D eigenvalue weighted by Crippen LogP contribution is -2.57. The molecule has 0 aliphatic carbocycles. The second-order valence-corrected chi connectivity index (χ2v) is 13.9. The third-order valence-electron chi connectivity index (χ3n) is 8.61. The van der Waals surface area contributed by atoms with Crippen molar-refractivity contribution in [2.24, 2.45) is 5.41 Å². The van der Waals surface area contributed by atoms with E-state index in [0.717, 1.165) is 39.0 Å². The first-order valence-electron chi connectivity index (χ1n) is 13.7. The second-order valence-electron chi connectivity index (χ2n) is 12.1. The van der Waals surface area contributed by atoms with Crippen LogP contribution in [-0.2, 0) is 24.3 Å². The minimum atomic E-state index is -3.84. The molecule has 1 amide bonds.